The number of methoxy groups -OCH3 is 2. The zero-order valence-electron chi connectivity index (χ0n) is 11.9. The van der Waals surface area contributed by atoms with Crippen molar-refractivity contribution >= 4 is 21.7 Å². The number of hydrogen-bond acceptors (Lipinski definition) is 3. The molecule has 0 aliphatic carbocycles. The maximum absolute atomic E-state index is 13.2. The molecule has 0 saturated heterocycles. The van der Waals surface area contributed by atoms with Gasteiger partial charge < -0.3 is 9.47 Å². The van der Waals surface area contributed by atoms with E-state index in [-0.39, 0.29) is 11.6 Å². The molecule has 0 amide bonds. The van der Waals surface area contributed by atoms with Crippen molar-refractivity contribution in [1.82, 2.24) is 0 Å². The summed E-state index contributed by atoms with van der Waals surface area (Å²) < 4.78 is 24.2. The van der Waals surface area contributed by atoms with E-state index in [0.717, 1.165) is 0 Å². The molecule has 0 unspecified atom stereocenters. The summed E-state index contributed by atoms with van der Waals surface area (Å²) in [5, 5.41) is 0. The molecule has 21 heavy (non-hydrogen) atoms. The van der Waals surface area contributed by atoms with Gasteiger partial charge in [0.15, 0.2) is 5.78 Å². The minimum Gasteiger partial charge on any atom is -0.495 e. The lowest BCUT2D eigenvalue weighted by Crippen LogP contribution is -2.07. The van der Waals surface area contributed by atoms with Gasteiger partial charge in [0.25, 0.3) is 0 Å². The molecule has 0 aliphatic heterocycles. The molecule has 0 aromatic heterocycles. The summed E-state index contributed by atoms with van der Waals surface area (Å²) in [6.45, 7) is 1.70. The summed E-state index contributed by atoms with van der Waals surface area (Å²) in [6, 6.07) is 7.39. The highest BCUT2D eigenvalue weighted by Gasteiger charge is 2.20. The number of aryl methyl sites for hydroxylation is 1. The van der Waals surface area contributed by atoms with Crippen LogP contribution in [0.4, 0.5) is 4.39 Å². The molecule has 0 radical (unpaired) electrons. The predicted octanol–water partition coefficient (Wildman–Crippen LogP) is 4.14. The first kappa shape index (κ1) is 15.5. The summed E-state index contributed by atoms with van der Waals surface area (Å²) in [4.78, 5) is 12.6. The average Bonchev–Trinajstić information content (AvgIpc) is 2.46. The van der Waals surface area contributed by atoms with E-state index in [1.807, 2.05) is 0 Å². The molecule has 0 bridgehead atoms. The van der Waals surface area contributed by atoms with Crippen LogP contribution in [0.3, 0.4) is 0 Å². The van der Waals surface area contributed by atoms with Gasteiger partial charge in [-0.25, -0.2) is 4.39 Å². The lowest BCUT2D eigenvalue weighted by atomic mass is 9.98. The van der Waals surface area contributed by atoms with Crippen molar-refractivity contribution in [3.8, 4) is 11.5 Å². The monoisotopic (exact) mass is 352 g/mol. The van der Waals surface area contributed by atoms with E-state index in [1.165, 1.54) is 32.4 Å². The fourth-order valence-corrected chi connectivity index (χ4v) is 2.77. The van der Waals surface area contributed by atoms with E-state index in [4.69, 9.17) is 9.47 Å². The van der Waals surface area contributed by atoms with Crippen LogP contribution in [0.25, 0.3) is 0 Å². The maximum Gasteiger partial charge on any atom is 0.197 e. The molecule has 3 nitrogen and oxygen atoms in total. The molecule has 2 rings (SSSR count). The number of rotatable bonds is 4. The highest BCUT2D eigenvalue weighted by atomic mass is 79.9. The Morgan fingerprint density at radius 2 is 1.76 bits per heavy atom. The lowest BCUT2D eigenvalue weighted by molar-refractivity contribution is 0.103. The molecule has 2 aromatic carbocycles. The number of halogens is 2. The summed E-state index contributed by atoms with van der Waals surface area (Å²) in [6.07, 6.45) is 0. The minimum atomic E-state index is -0.369. The van der Waals surface area contributed by atoms with Crippen LogP contribution in [-0.4, -0.2) is 20.0 Å². The van der Waals surface area contributed by atoms with Gasteiger partial charge in [-0.1, -0.05) is 0 Å². The third-order valence-electron chi connectivity index (χ3n) is 3.16. The fraction of sp³-hybridized carbons (Fsp3) is 0.188. The molecular formula is C16H14BrFO3. The van der Waals surface area contributed by atoms with E-state index in [0.29, 0.717) is 32.7 Å². The van der Waals surface area contributed by atoms with Gasteiger partial charge in [0, 0.05) is 5.56 Å². The third-order valence-corrected chi connectivity index (χ3v) is 3.91. The Morgan fingerprint density at radius 1 is 1.10 bits per heavy atom. The van der Waals surface area contributed by atoms with Gasteiger partial charge in [-0.2, -0.15) is 0 Å². The lowest BCUT2D eigenvalue weighted by Gasteiger charge is -2.13. The number of ketones is 1. The van der Waals surface area contributed by atoms with Crippen molar-refractivity contribution in [1.29, 1.82) is 0 Å². The van der Waals surface area contributed by atoms with Crippen LogP contribution in [0.2, 0.25) is 0 Å². The Hall–Kier alpha value is -1.88. The summed E-state index contributed by atoms with van der Waals surface area (Å²) in [7, 11) is 3.01. The van der Waals surface area contributed by atoms with Gasteiger partial charge in [-0.05, 0) is 58.7 Å². The predicted molar refractivity (Wildman–Crippen MR) is 81.8 cm³/mol. The third kappa shape index (κ3) is 2.93. The minimum absolute atomic E-state index is 0.229. The molecule has 0 aliphatic rings. The number of carbonyl (C=O) groups excluding carboxylic acids is 1. The Bertz CT molecular complexity index is 698. The number of ether oxygens (including phenoxy) is 2. The van der Waals surface area contributed by atoms with E-state index in [1.54, 1.807) is 19.1 Å². The second-order valence-corrected chi connectivity index (χ2v) is 5.24. The molecule has 2 aromatic rings. The Labute approximate surface area is 130 Å². The normalized spacial score (nSPS) is 10.3. The van der Waals surface area contributed by atoms with Crippen molar-refractivity contribution in [3.05, 3.63) is 57.3 Å². The van der Waals surface area contributed by atoms with Crippen molar-refractivity contribution in [2.75, 3.05) is 14.2 Å². The van der Waals surface area contributed by atoms with E-state index in [9.17, 15) is 9.18 Å². The molecule has 0 fully saturated rings. The fourth-order valence-electron chi connectivity index (χ4n) is 2.10. The second-order valence-electron chi connectivity index (χ2n) is 4.45. The number of hydrogen-bond donors (Lipinski definition) is 0. The molecule has 5 heteroatoms. The van der Waals surface area contributed by atoms with Crippen LogP contribution >= 0.6 is 15.9 Å². The molecular weight excluding hydrogens is 339 g/mol. The van der Waals surface area contributed by atoms with Crippen molar-refractivity contribution in [3.63, 3.8) is 0 Å². The molecule has 0 atom stereocenters. The SMILES string of the molecule is COc1ccc(C(=O)c2ccc(F)cc2C)c(OC)c1Br. The smallest absolute Gasteiger partial charge is 0.197 e. The standard InChI is InChI=1S/C16H14BrFO3/c1-9-8-10(18)4-5-11(9)15(19)12-6-7-13(20-2)14(17)16(12)21-3/h4-8H,1-3H3. The summed E-state index contributed by atoms with van der Waals surface area (Å²) in [5.41, 5.74) is 1.40. The van der Waals surface area contributed by atoms with E-state index < -0.39 is 0 Å². The maximum atomic E-state index is 13.2. The molecule has 0 heterocycles. The van der Waals surface area contributed by atoms with Crippen LogP contribution in [0, 0.1) is 12.7 Å². The highest BCUT2D eigenvalue weighted by Crippen LogP contribution is 2.38. The van der Waals surface area contributed by atoms with Gasteiger partial charge in [-0.3, -0.25) is 4.79 Å². The Morgan fingerprint density at radius 3 is 2.33 bits per heavy atom. The van der Waals surface area contributed by atoms with Gasteiger partial charge in [0.05, 0.1) is 19.8 Å². The van der Waals surface area contributed by atoms with Crippen molar-refractivity contribution < 1.29 is 18.7 Å². The van der Waals surface area contributed by atoms with Crippen molar-refractivity contribution in [2.24, 2.45) is 0 Å². The van der Waals surface area contributed by atoms with Crippen LogP contribution in [0.15, 0.2) is 34.8 Å². The second kappa shape index (κ2) is 6.26. The molecule has 0 spiro atoms. The summed E-state index contributed by atoms with van der Waals surface area (Å²) in [5.74, 6) is 0.363. The molecule has 0 N–H and O–H groups in total. The van der Waals surface area contributed by atoms with Gasteiger partial charge in [0.2, 0.25) is 0 Å². The zero-order valence-corrected chi connectivity index (χ0v) is 13.5. The highest BCUT2D eigenvalue weighted by molar-refractivity contribution is 9.10. The van der Waals surface area contributed by atoms with Gasteiger partial charge in [-0.15, -0.1) is 0 Å². The van der Waals surface area contributed by atoms with Gasteiger partial charge >= 0.3 is 0 Å². The van der Waals surface area contributed by atoms with Crippen LogP contribution in [-0.2, 0) is 0 Å². The molecule has 0 saturated carbocycles. The van der Waals surface area contributed by atoms with E-state index >= 15 is 0 Å². The van der Waals surface area contributed by atoms with Crippen molar-refractivity contribution in [2.45, 2.75) is 6.92 Å². The Kier molecular flexibility index (Phi) is 4.63. The number of benzene rings is 2. The Balaban J connectivity index is 2.55. The first-order valence-corrected chi connectivity index (χ1v) is 7.00. The summed E-state index contributed by atoms with van der Waals surface area (Å²) >= 11 is 3.36. The van der Waals surface area contributed by atoms with Crippen LogP contribution in [0.5, 0.6) is 11.5 Å². The van der Waals surface area contributed by atoms with E-state index in [2.05, 4.69) is 15.9 Å². The van der Waals surface area contributed by atoms with Crippen LogP contribution in [0.1, 0.15) is 21.5 Å². The topological polar surface area (TPSA) is 35.5 Å². The van der Waals surface area contributed by atoms with Crippen LogP contribution < -0.4 is 9.47 Å². The first-order chi connectivity index (χ1) is 9.99. The quantitative estimate of drug-likeness (QED) is 0.775. The molecule has 110 valence electrons. The zero-order chi connectivity index (χ0) is 15.6. The number of carbonyl (C=O) groups is 1. The first-order valence-electron chi connectivity index (χ1n) is 6.21. The average molecular weight is 353 g/mol. The van der Waals surface area contributed by atoms with Gasteiger partial charge in [0.1, 0.15) is 21.8 Å². The largest absolute Gasteiger partial charge is 0.495 e.